The summed E-state index contributed by atoms with van der Waals surface area (Å²) in [6, 6.07) is 7.78. The summed E-state index contributed by atoms with van der Waals surface area (Å²) in [4.78, 5) is 11.7. The van der Waals surface area contributed by atoms with Gasteiger partial charge < -0.3 is 0 Å². The van der Waals surface area contributed by atoms with Crippen LogP contribution in [-0.2, 0) is 0 Å². The Bertz CT molecular complexity index is 557. The summed E-state index contributed by atoms with van der Waals surface area (Å²) in [5.74, 6) is 0.106. The topological polar surface area (TPSA) is 17.1 Å². The highest BCUT2D eigenvalue weighted by Crippen LogP contribution is 2.30. The molecule has 1 heteroatoms. The average molecular weight is 238 g/mol. The molecule has 0 N–H and O–H groups in total. The van der Waals surface area contributed by atoms with E-state index >= 15 is 0 Å². The second-order valence-electron chi connectivity index (χ2n) is 5.24. The first-order chi connectivity index (χ1) is 8.49. The van der Waals surface area contributed by atoms with Gasteiger partial charge in [-0.25, -0.2) is 0 Å². The van der Waals surface area contributed by atoms with E-state index < -0.39 is 0 Å². The predicted octanol–water partition coefficient (Wildman–Crippen LogP) is 4.42. The van der Waals surface area contributed by atoms with Crippen molar-refractivity contribution in [1.29, 1.82) is 0 Å². The lowest BCUT2D eigenvalue weighted by atomic mass is 9.88. The monoisotopic (exact) mass is 238 g/mol. The van der Waals surface area contributed by atoms with Gasteiger partial charge >= 0.3 is 0 Å². The molecule has 92 valence electrons. The van der Waals surface area contributed by atoms with Crippen LogP contribution in [0, 0.1) is 5.41 Å². The van der Waals surface area contributed by atoms with Crippen molar-refractivity contribution in [3.8, 4) is 0 Å². The molecular weight excluding hydrogens is 220 g/mol. The second kappa shape index (κ2) is 4.77. The maximum absolute atomic E-state index is 11.7. The number of allylic oxidation sites excluding steroid dienone is 6. The molecule has 0 fully saturated rings. The third-order valence-electron chi connectivity index (χ3n) is 3.06. The summed E-state index contributed by atoms with van der Waals surface area (Å²) < 4.78 is 0. The van der Waals surface area contributed by atoms with Crippen molar-refractivity contribution in [2.24, 2.45) is 5.41 Å². The molecule has 0 atom stereocenters. The molecule has 2 rings (SSSR count). The molecule has 0 amide bonds. The van der Waals surface area contributed by atoms with E-state index in [1.807, 2.05) is 30.3 Å². The molecule has 0 heterocycles. The standard InChI is InChI=1S/C17H18O/c1-13(18)15-9-4-5-10-16(15)14-8-6-7-11-17(2,3)12-14/h4-12H,1-3H3. The first-order valence-corrected chi connectivity index (χ1v) is 6.19. The maximum Gasteiger partial charge on any atom is 0.160 e. The van der Waals surface area contributed by atoms with Crippen LogP contribution in [0.15, 0.2) is 54.6 Å². The van der Waals surface area contributed by atoms with Crippen LogP contribution in [0.5, 0.6) is 0 Å². The van der Waals surface area contributed by atoms with Crippen molar-refractivity contribution in [3.05, 3.63) is 65.8 Å². The number of carbonyl (C=O) groups excluding carboxylic acids is 1. The molecule has 1 aromatic rings. The lowest BCUT2D eigenvalue weighted by Crippen LogP contribution is -2.04. The van der Waals surface area contributed by atoms with Crippen molar-refractivity contribution in [2.45, 2.75) is 20.8 Å². The zero-order valence-corrected chi connectivity index (χ0v) is 11.1. The van der Waals surface area contributed by atoms with Gasteiger partial charge in [0.25, 0.3) is 0 Å². The van der Waals surface area contributed by atoms with Gasteiger partial charge in [-0.15, -0.1) is 0 Å². The molecule has 0 bridgehead atoms. The fourth-order valence-corrected chi connectivity index (χ4v) is 2.17. The number of ketones is 1. The average Bonchev–Trinajstić information content (AvgIpc) is 2.50. The first-order valence-electron chi connectivity index (χ1n) is 6.19. The van der Waals surface area contributed by atoms with Crippen molar-refractivity contribution >= 4 is 11.4 Å². The van der Waals surface area contributed by atoms with Gasteiger partial charge in [0.15, 0.2) is 5.78 Å². The fraction of sp³-hybridized carbons (Fsp3) is 0.235. The lowest BCUT2D eigenvalue weighted by Gasteiger charge is -2.16. The normalized spacial score (nSPS) is 17.2. The Hall–Kier alpha value is -1.89. The summed E-state index contributed by atoms with van der Waals surface area (Å²) in [5.41, 5.74) is 2.91. The van der Waals surface area contributed by atoms with E-state index in [0.717, 1.165) is 16.7 Å². The molecular formula is C17H18O. The zero-order chi connectivity index (χ0) is 13.2. The molecule has 0 aliphatic heterocycles. The molecule has 18 heavy (non-hydrogen) atoms. The van der Waals surface area contributed by atoms with E-state index in [4.69, 9.17) is 0 Å². The molecule has 0 saturated carbocycles. The van der Waals surface area contributed by atoms with Crippen LogP contribution in [0.1, 0.15) is 36.7 Å². The minimum atomic E-state index is 0.00271. The van der Waals surface area contributed by atoms with Gasteiger partial charge in [0, 0.05) is 11.0 Å². The molecule has 1 aromatic carbocycles. The third kappa shape index (κ3) is 2.67. The van der Waals surface area contributed by atoms with E-state index in [1.165, 1.54) is 0 Å². The summed E-state index contributed by atoms with van der Waals surface area (Å²) >= 11 is 0. The van der Waals surface area contributed by atoms with Crippen LogP contribution in [0.25, 0.3) is 5.57 Å². The number of benzene rings is 1. The smallest absolute Gasteiger partial charge is 0.160 e. The van der Waals surface area contributed by atoms with Gasteiger partial charge in [0.2, 0.25) is 0 Å². The SMILES string of the molecule is CC(=O)c1ccccc1C1=CC(C)(C)C=CC=C1. The van der Waals surface area contributed by atoms with E-state index in [1.54, 1.807) is 6.92 Å². The van der Waals surface area contributed by atoms with Gasteiger partial charge in [0.1, 0.15) is 0 Å². The number of rotatable bonds is 2. The fourth-order valence-electron chi connectivity index (χ4n) is 2.17. The van der Waals surface area contributed by atoms with E-state index in [2.05, 4.69) is 38.2 Å². The summed E-state index contributed by atoms with van der Waals surface area (Å²) in [6.45, 7) is 5.93. The van der Waals surface area contributed by atoms with Crippen molar-refractivity contribution in [3.63, 3.8) is 0 Å². The number of hydrogen-bond acceptors (Lipinski definition) is 1. The molecule has 1 aliphatic carbocycles. The maximum atomic E-state index is 11.7. The van der Waals surface area contributed by atoms with Crippen LogP contribution < -0.4 is 0 Å². The highest BCUT2D eigenvalue weighted by atomic mass is 16.1. The van der Waals surface area contributed by atoms with Gasteiger partial charge in [-0.3, -0.25) is 4.79 Å². The minimum Gasteiger partial charge on any atom is -0.294 e. The largest absolute Gasteiger partial charge is 0.294 e. The molecule has 1 aliphatic rings. The summed E-state index contributed by atoms with van der Waals surface area (Å²) in [7, 11) is 0. The molecule has 0 aromatic heterocycles. The second-order valence-corrected chi connectivity index (χ2v) is 5.24. The van der Waals surface area contributed by atoms with Gasteiger partial charge in [-0.2, -0.15) is 0 Å². The molecule has 0 unspecified atom stereocenters. The van der Waals surface area contributed by atoms with Gasteiger partial charge in [0.05, 0.1) is 0 Å². The van der Waals surface area contributed by atoms with E-state index in [9.17, 15) is 4.79 Å². The molecule has 0 saturated heterocycles. The number of hydrogen-bond donors (Lipinski definition) is 0. The van der Waals surface area contributed by atoms with Crippen molar-refractivity contribution in [1.82, 2.24) is 0 Å². The molecule has 0 spiro atoms. The number of carbonyl (C=O) groups is 1. The first kappa shape index (κ1) is 12.6. The van der Waals surface area contributed by atoms with E-state index in [-0.39, 0.29) is 11.2 Å². The molecule has 1 nitrogen and oxygen atoms in total. The Morgan fingerprint density at radius 2 is 1.83 bits per heavy atom. The Kier molecular flexibility index (Phi) is 3.33. The van der Waals surface area contributed by atoms with Crippen LogP contribution in [0.3, 0.4) is 0 Å². The van der Waals surface area contributed by atoms with Crippen LogP contribution >= 0.6 is 0 Å². The van der Waals surface area contributed by atoms with Gasteiger partial charge in [-0.05, 0) is 18.1 Å². The Morgan fingerprint density at radius 3 is 2.56 bits per heavy atom. The quantitative estimate of drug-likeness (QED) is 0.697. The molecule has 0 radical (unpaired) electrons. The van der Waals surface area contributed by atoms with Crippen molar-refractivity contribution < 1.29 is 4.79 Å². The van der Waals surface area contributed by atoms with Crippen LogP contribution in [0.2, 0.25) is 0 Å². The Balaban J connectivity index is 2.56. The highest BCUT2D eigenvalue weighted by molar-refractivity contribution is 6.00. The minimum absolute atomic E-state index is 0.00271. The highest BCUT2D eigenvalue weighted by Gasteiger charge is 2.15. The van der Waals surface area contributed by atoms with Crippen molar-refractivity contribution in [2.75, 3.05) is 0 Å². The summed E-state index contributed by atoms with van der Waals surface area (Å²) in [6.07, 6.45) is 10.5. The summed E-state index contributed by atoms with van der Waals surface area (Å²) in [5, 5.41) is 0. The third-order valence-corrected chi connectivity index (χ3v) is 3.06. The van der Waals surface area contributed by atoms with Gasteiger partial charge in [-0.1, -0.05) is 68.5 Å². The Morgan fingerprint density at radius 1 is 1.11 bits per heavy atom. The van der Waals surface area contributed by atoms with Crippen LogP contribution in [0.4, 0.5) is 0 Å². The zero-order valence-electron chi connectivity index (χ0n) is 11.1. The number of Topliss-reactive ketones (excluding diaryl/α,β-unsaturated/α-hetero) is 1. The Labute approximate surface area is 109 Å². The van der Waals surface area contributed by atoms with E-state index in [0.29, 0.717) is 0 Å². The van der Waals surface area contributed by atoms with Crippen LogP contribution in [-0.4, -0.2) is 5.78 Å². The predicted molar refractivity (Wildman–Crippen MR) is 76.5 cm³/mol. The lowest BCUT2D eigenvalue weighted by molar-refractivity contribution is 0.101.